The minimum absolute atomic E-state index is 0.532. The van der Waals surface area contributed by atoms with Crippen LogP contribution in [0.15, 0.2) is 0 Å². The molecule has 1 unspecified atom stereocenters. The Balaban J connectivity index is 1.95. The Hall–Kier alpha value is -2.15. The van der Waals surface area contributed by atoms with Crippen molar-refractivity contribution in [3.05, 3.63) is 0 Å². The molecule has 2 amide bonds. The molecule has 3 rings (SSSR count). The van der Waals surface area contributed by atoms with Gasteiger partial charge in [-0.15, -0.1) is 0 Å². The lowest BCUT2D eigenvalue weighted by atomic mass is 9.88. The third kappa shape index (κ3) is 8.10. The molecule has 20 heteroatoms. The molecule has 0 aromatic heterocycles. The number of aliphatic hydroxyl groups excluding tert-OH is 9. The fourth-order valence-electron chi connectivity index (χ4n) is 5.82. The van der Waals surface area contributed by atoms with Crippen molar-refractivity contribution in [2.75, 3.05) is 19.8 Å². The van der Waals surface area contributed by atoms with Crippen LogP contribution in [0.4, 0.5) is 0 Å². The van der Waals surface area contributed by atoms with Crippen molar-refractivity contribution in [3.8, 4) is 0 Å². The summed E-state index contributed by atoms with van der Waals surface area (Å²) in [6.07, 6.45) is -23.7. The number of amides is 2. The van der Waals surface area contributed by atoms with Crippen molar-refractivity contribution < 1.29 is 89.1 Å². The molecular weight excluding hydrogens is 628 g/mol. The number of carboxylic acid groups (broad SMARTS) is 1. The molecule has 12 N–H and O–H groups in total. The average Bonchev–Trinajstić information content (AvgIpc) is 2.99. The van der Waals surface area contributed by atoms with Gasteiger partial charge in [-0.3, -0.25) is 9.59 Å². The molecule has 0 bridgehead atoms. The summed E-state index contributed by atoms with van der Waals surface area (Å²) in [4.78, 5) is 36.1. The molecule has 0 saturated carbocycles. The zero-order chi connectivity index (χ0) is 34.7. The maximum Gasteiger partial charge on any atom is 0.364 e. The van der Waals surface area contributed by atoms with E-state index in [0.29, 0.717) is 0 Å². The maximum absolute atomic E-state index is 12.6. The number of carbonyl (C=O) groups excluding carboxylic acids is 2. The first-order chi connectivity index (χ1) is 21.5. The first kappa shape index (κ1) is 38.3. The number of aliphatic hydroxyl groups is 9. The van der Waals surface area contributed by atoms with E-state index >= 15 is 0 Å². The summed E-state index contributed by atoms with van der Waals surface area (Å²) in [5.74, 6) is -6.22. The van der Waals surface area contributed by atoms with E-state index in [0.717, 1.165) is 6.92 Å². The highest BCUT2D eigenvalue weighted by atomic mass is 16.8. The molecule has 0 spiro atoms. The van der Waals surface area contributed by atoms with Crippen LogP contribution >= 0.6 is 0 Å². The number of carboxylic acids is 1. The van der Waals surface area contributed by atoms with Gasteiger partial charge in [-0.1, -0.05) is 0 Å². The zero-order valence-electron chi connectivity index (χ0n) is 25.2. The molecule has 0 aromatic carbocycles. The standard InChI is InChI=1S/C26H44N2O18/c1-8-15(27-9(2)32)19(38)21(14(7-31)42-8)44-24-20(39)23(18(37)13(6-30)43-24)46-26(25(40)41)4-11(34)16(28-10(3)33)22(45-26)17(36)12(35)5-29/h8,11-24,29-31,34-39H,4-7H2,1-3H3,(H,27,32)(H,28,33)(H,40,41)/t8?,11-,12+,13+,14+,15-,16+,17+,18-,19+,20+,21+,22+,23-,24-,26-/m0/s1. The fourth-order valence-corrected chi connectivity index (χ4v) is 5.82. The Bertz CT molecular complexity index is 1050. The van der Waals surface area contributed by atoms with Gasteiger partial charge in [0, 0.05) is 20.3 Å². The van der Waals surface area contributed by atoms with Gasteiger partial charge in [0.15, 0.2) is 6.29 Å². The first-order valence-corrected chi connectivity index (χ1v) is 14.5. The highest BCUT2D eigenvalue weighted by molar-refractivity contribution is 5.76. The summed E-state index contributed by atoms with van der Waals surface area (Å²) in [7, 11) is 0. The van der Waals surface area contributed by atoms with Gasteiger partial charge < -0.3 is 85.4 Å². The van der Waals surface area contributed by atoms with Crippen molar-refractivity contribution in [2.45, 2.75) is 125 Å². The lowest BCUT2D eigenvalue weighted by Crippen LogP contribution is -2.71. The second-order valence-corrected chi connectivity index (χ2v) is 11.5. The van der Waals surface area contributed by atoms with E-state index in [1.54, 1.807) is 0 Å². The number of hydrogen-bond donors (Lipinski definition) is 12. The second kappa shape index (κ2) is 15.8. The van der Waals surface area contributed by atoms with Crippen LogP contribution in [0.5, 0.6) is 0 Å². The second-order valence-electron chi connectivity index (χ2n) is 11.5. The van der Waals surface area contributed by atoms with Gasteiger partial charge >= 0.3 is 5.97 Å². The number of rotatable bonds is 12. The van der Waals surface area contributed by atoms with E-state index < -0.39 is 141 Å². The van der Waals surface area contributed by atoms with Crippen LogP contribution in [0.1, 0.15) is 27.2 Å². The Morgan fingerprint density at radius 3 is 1.98 bits per heavy atom. The van der Waals surface area contributed by atoms with E-state index in [2.05, 4.69) is 10.6 Å². The Morgan fingerprint density at radius 1 is 0.870 bits per heavy atom. The molecule has 266 valence electrons. The quantitative estimate of drug-likeness (QED) is 0.0916. The summed E-state index contributed by atoms with van der Waals surface area (Å²) in [5.41, 5.74) is 0. The van der Waals surface area contributed by atoms with E-state index in [4.69, 9.17) is 23.7 Å². The first-order valence-electron chi connectivity index (χ1n) is 14.5. The van der Waals surface area contributed by atoms with Gasteiger partial charge in [-0.2, -0.15) is 0 Å². The SMILES string of the molecule is CC(=O)N[C@H]1[C@H]([C@H](O)[C@H](O)CO)O[C@@](O[C@H]2[C@@H](O)[C@@H](CO)O[C@@H](O[C@H]3[C@H](O)[C@@H](NC(C)=O)C(C)O[C@@H]3CO)[C@@H]2O)(C(=O)O)C[C@@H]1O. The minimum atomic E-state index is -3.00. The van der Waals surface area contributed by atoms with Crippen molar-refractivity contribution in [1.29, 1.82) is 0 Å². The zero-order valence-corrected chi connectivity index (χ0v) is 25.2. The highest BCUT2D eigenvalue weighted by Gasteiger charge is 2.60. The number of nitrogens with one attached hydrogen (secondary N) is 2. The molecule has 3 aliphatic rings. The molecular formula is C26H44N2O18. The third-order valence-electron chi connectivity index (χ3n) is 8.14. The predicted octanol–water partition coefficient (Wildman–Crippen LogP) is -7.01. The average molecular weight is 673 g/mol. The van der Waals surface area contributed by atoms with Crippen LogP contribution in [0.3, 0.4) is 0 Å². The van der Waals surface area contributed by atoms with Crippen molar-refractivity contribution in [1.82, 2.24) is 10.6 Å². The number of ether oxygens (including phenoxy) is 5. The van der Waals surface area contributed by atoms with E-state index in [-0.39, 0.29) is 0 Å². The van der Waals surface area contributed by atoms with Crippen molar-refractivity contribution in [2.24, 2.45) is 0 Å². The molecule has 0 aliphatic carbocycles. The lowest BCUT2D eigenvalue weighted by molar-refractivity contribution is -0.379. The minimum Gasteiger partial charge on any atom is -0.477 e. The summed E-state index contributed by atoms with van der Waals surface area (Å²) < 4.78 is 28.1. The Labute approximate surface area is 262 Å². The van der Waals surface area contributed by atoms with Gasteiger partial charge in [0.2, 0.25) is 11.8 Å². The van der Waals surface area contributed by atoms with Gasteiger partial charge in [0.05, 0.1) is 44.1 Å². The van der Waals surface area contributed by atoms with Crippen LogP contribution < -0.4 is 10.6 Å². The molecule has 0 aromatic rings. The largest absolute Gasteiger partial charge is 0.477 e. The van der Waals surface area contributed by atoms with Crippen LogP contribution in [0.25, 0.3) is 0 Å². The Kier molecular flexibility index (Phi) is 13.2. The van der Waals surface area contributed by atoms with Gasteiger partial charge in [0.25, 0.3) is 5.79 Å². The van der Waals surface area contributed by atoms with E-state index in [1.165, 1.54) is 13.8 Å². The predicted molar refractivity (Wildman–Crippen MR) is 145 cm³/mol. The molecule has 46 heavy (non-hydrogen) atoms. The molecule has 3 heterocycles. The number of aliphatic carboxylic acids is 1. The van der Waals surface area contributed by atoms with Gasteiger partial charge in [-0.25, -0.2) is 4.79 Å². The topological polar surface area (TPSA) is 324 Å². The van der Waals surface area contributed by atoms with Crippen LogP contribution in [0, 0.1) is 0 Å². The summed E-state index contributed by atoms with van der Waals surface area (Å²) in [6.45, 7) is 1.07. The molecule has 16 atom stereocenters. The number of hydrogen-bond acceptors (Lipinski definition) is 17. The molecule has 3 aliphatic heterocycles. The highest BCUT2D eigenvalue weighted by Crippen LogP contribution is 2.38. The fraction of sp³-hybridized carbons (Fsp3) is 0.885. The maximum atomic E-state index is 12.6. The summed E-state index contributed by atoms with van der Waals surface area (Å²) in [5, 5.41) is 109. The summed E-state index contributed by atoms with van der Waals surface area (Å²) >= 11 is 0. The molecule has 20 nitrogen and oxygen atoms in total. The van der Waals surface area contributed by atoms with Crippen molar-refractivity contribution >= 4 is 17.8 Å². The van der Waals surface area contributed by atoms with E-state index in [9.17, 15) is 65.4 Å². The van der Waals surface area contributed by atoms with Crippen LogP contribution in [-0.2, 0) is 38.1 Å². The van der Waals surface area contributed by atoms with Crippen molar-refractivity contribution in [3.63, 3.8) is 0 Å². The van der Waals surface area contributed by atoms with Crippen LogP contribution in [0.2, 0.25) is 0 Å². The number of carbonyl (C=O) groups is 3. The normalized spacial score (nSPS) is 42.9. The molecule has 3 saturated heterocycles. The lowest BCUT2D eigenvalue weighted by Gasteiger charge is -2.50. The van der Waals surface area contributed by atoms with E-state index in [1.807, 2.05) is 0 Å². The Morgan fingerprint density at radius 2 is 1.46 bits per heavy atom. The molecule has 0 radical (unpaired) electrons. The molecule has 3 fully saturated rings. The third-order valence-corrected chi connectivity index (χ3v) is 8.14. The smallest absolute Gasteiger partial charge is 0.364 e. The summed E-state index contributed by atoms with van der Waals surface area (Å²) in [6, 6.07) is -2.59. The monoisotopic (exact) mass is 672 g/mol. The van der Waals surface area contributed by atoms with Gasteiger partial charge in [0.1, 0.15) is 61.0 Å². The van der Waals surface area contributed by atoms with Crippen LogP contribution in [-0.4, -0.2) is 186 Å². The van der Waals surface area contributed by atoms with Gasteiger partial charge in [-0.05, 0) is 6.92 Å².